The Hall–Kier alpha value is -1.63. The van der Waals surface area contributed by atoms with Gasteiger partial charge in [0.25, 0.3) is 10.0 Å². The van der Waals surface area contributed by atoms with E-state index < -0.39 is 10.0 Å². The van der Waals surface area contributed by atoms with Crippen molar-refractivity contribution in [2.45, 2.75) is 4.90 Å². The summed E-state index contributed by atoms with van der Waals surface area (Å²) in [5, 5.41) is 0.484. The first-order valence-electron chi connectivity index (χ1n) is 5.97. The number of sulfonamides is 1. The average molecular weight is 341 g/mol. The molecule has 0 aliphatic rings. The number of benzene rings is 2. The molecule has 7 heteroatoms. The predicted molar refractivity (Wildman–Crippen MR) is 89.4 cm³/mol. The van der Waals surface area contributed by atoms with Crippen molar-refractivity contribution >= 4 is 44.5 Å². The maximum atomic E-state index is 12.5. The van der Waals surface area contributed by atoms with Crippen LogP contribution in [0.15, 0.2) is 53.4 Å². The minimum absolute atomic E-state index is 0.174. The fraction of sp³-hybridized carbons (Fsp3) is 0.0714. The van der Waals surface area contributed by atoms with E-state index in [-0.39, 0.29) is 9.88 Å². The lowest BCUT2D eigenvalue weighted by atomic mass is 10.2. The highest BCUT2D eigenvalue weighted by Crippen LogP contribution is 2.23. The van der Waals surface area contributed by atoms with Crippen molar-refractivity contribution in [3.05, 3.63) is 59.1 Å². The number of thiocarbonyl (C=S) groups is 1. The van der Waals surface area contributed by atoms with Crippen molar-refractivity contribution in [2.75, 3.05) is 11.4 Å². The maximum Gasteiger partial charge on any atom is 0.264 e. The summed E-state index contributed by atoms with van der Waals surface area (Å²) >= 11 is 10.6. The molecule has 0 aliphatic heterocycles. The number of hydrogen-bond donors (Lipinski definition) is 1. The third-order valence-corrected chi connectivity index (χ3v) is 5.27. The van der Waals surface area contributed by atoms with Crippen LogP contribution in [0.4, 0.5) is 5.69 Å². The first-order chi connectivity index (χ1) is 9.82. The van der Waals surface area contributed by atoms with E-state index in [1.54, 1.807) is 24.3 Å². The standard InChI is InChI=1S/C14H13ClN2O2S2/c1-17(12-6-2-10(3-7-12)14(16)20)21(18,19)13-8-4-11(15)5-9-13/h2-9H,1H3,(H2,16,20). The summed E-state index contributed by atoms with van der Waals surface area (Å²) in [5.41, 5.74) is 6.72. The number of halogens is 1. The van der Waals surface area contributed by atoms with E-state index in [4.69, 9.17) is 29.6 Å². The molecule has 0 heterocycles. The van der Waals surface area contributed by atoms with Gasteiger partial charge < -0.3 is 5.73 Å². The summed E-state index contributed by atoms with van der Waals surface area (Å²) in [6.45, 7) is 0. The third kappa shape index (κ3) is 3.34. The molecule has 0 unspecified atom stereocenters. The second-order valence-electron chi connectivity index (χ2n) is 4.34. The van der Waals surface area contributed by atoms with Crippen LogP contribution in [0.25, 0.3) is 0 Å². The number of nitrogens with two attached hydrogens (primary N) is 1. The summed E-state index contributed by atoms with van der Waals surface area (Å²) in [4.78, 5) is 0.442. The van der Waals surface area contributed by atoms with Crippen LogP contribution in [0.3, 0.4) is 0 Å². The molecule has 21 heavy (non-hydrogen) atoms. The maximum absolute atomic E-state index is 12.5. The SMILES string of the molecule is CN(c1ccc(C(N)=S)cc1)S(=O)(=O)c1ccc(Cl)cc1. The smallest absolute Gasteiger partial charge is 0.264 e. The normalized spacial score (nSPS) is 11.1. The van der Waals surface area contributed by atoms with Crippen LogP contribution >= 0.6 is 23.8 Å². The largest absolute Gasteiger partial charge is 0.389 e. The molecule has 2 aromatic carbocycles. The molecular weight excluding hydrogens is 328 g/mol. The summed E-state index contributed by atoms with van der Waals surface area (Å²) in [6.07, 6.45) is 0. The Bertz CT molecular complexity index is 757. The van der Waals surface area contributed by atoms with Gasteiger partial charge in [-0.05, 0) is 48.5 Å². The van der Waals surface area contributed by atoms with Gasteiger partial charge in [0.1, 0.15) is 4.99 Å². The number of hydrogen-bond acceptors (Lipinski definition) is 3. The van der Waals surface area contributed by atoms with E-state index >= 15 is 0 Å². The van der Waals surface area contributed by atoms with Crippen molar-refractivity contribution in [3.63, 3.8) is 0 Å². The first kappa shape index (κ1) is 15.8. The number of anilines is 1. The summed E-state index contributed by atoms with van der Waals surface area (Å²) in [6, 6.07) is 12.7. The Morgan fingerprint density at radius 3 is 2.10 bits per heavy atom. The predicted octanol–water partition coefficient (Wildman–Crippen LogP) is 2.80. The molecule has 0 aliphatic carbocycles. The summed E-state index contributed by atoms with van der Waals surface area (Å²) in [7, 11) is -2.15. The van der Waals surface area contributed by atoms with Gasteiger partial charge in [0, 0.05) is 17.6 Å². The van der Waals surface area contributed by atoms with E-state index in [9.17, 15) is 8.42 Å². The third-order valence-electron chi connectivity index (χ3n) is 2.99. The zero-order valence-corrected chi connectivity index (χ0v) is 13.5. The van der Waals surface area contributed by atoms with Crippen LogP contribution < -0.4 is 10.0 Å². The summed E-state index contributed by atoms with van der Waals surface area (Å²) < 4.78 is 26.2. The number of rotatable bonds is 4. The Labute approximate surface area is 134 Å². The minimum Gasteiger partial charge on any atom is -0.389 e. The minimum atomic E-state index is -3.63. The van der Waals surface area contributed by atoms with E-state index in [0.29, 0.717) is 16.3 Å². The van der Waals surface area contributed by atoms with Crippen LogP contribution in [0.5, 0.6) is 0 Å². The number of nitrogens with zero attached hydrogens (tertiary/aromatic N) is 1. The molecule has 0 atom stereocenters. The highest BCUT2D eigenvalue weighted by Gasteiger charge is 2.21. The second-order valence-corrected chi connectivity index (χ2v) is 7.18. The van der Waals surface area contributed by atoms with Crippen molar-refractivity contribution in [3.8, 4) is 0 Å². The lowest BCUT2D eigenvalue weighted by Gasteiger charge is -2.19. The molecule has 110 valence electrons. The van der Waals surface area contributed by atoms with Crippen molar-refractivity contribution in [1.29, 1.82) is 0 Å². The van der Waals surface area contributed by atoms with Gasteiger partial charge in [-0.2, -0.15) is 0 Å². The molecule has 0 fully saturated rings. The fourth-order valence-corrected chi connectivity index (χ4v) is 3.20. The van der Waals surface area contributed by atoms with Gasteiger partial charge in [-0.15, -0.1) is 0 Å². The van der Waals surface area contributed by atoms with Crippen molar-refractivity contribution in [2.24, 2.45) is 5.73 Å². The molecule has 0 saturated carbocycles. The van der Waals surface area contributed by atoms with Gasteiger partial charge in [-0.3, -0.25) is 4.31 Å². The van der Waals surface area contributed by atoms with Gasteiger partial charge in [0.15, 0.2) is 0 Å². The molecule has 0 bridgehead atoms. The molecule has 2 rings (SSSR count). The quantitative estimate of drug-likeness (QED) is 0.869. The van der Waals surface area contributed by atoms with Gasteiger partial charge in [-0.25, -0.2) is 8.42 Å². The van der Waals surface area contributed by atoms with E-state index in [2.05, 4.69) is 0 Å². The Morgan fingerprint density at radius 2 is 1.62 bits per heavy atom. The molecule has 0 spiro atoms. The van der Waals surface area contributed by atoms with Gasteiger partial charge in [-0.1, -0.05) is 23.8 Å². The van der Waals surface area contributed by atoms with Gasteiger partial charge in [0.05, 0.1) is 10.6 Å². The lowest BCUT2D eigenvalue weighted by molar-refractivity contribution is 0.594. The molecule has 0 saturated heterocycles. The summed E-state index contributed by atoms with van der Waals surface area (Å²) in [5.74, 6) is 0. The molecule has 0 radical (unpaired) electrons. The lowest BCUT2D eigenvalue weighted by Crippen LogP contribution is -2.26. The van der Waals surface area contributed by atoms with E-state index in [1.807, 2.05) is 0 Å². The van der Waals surface area contributed by atoms with Crippen LogP contribution in [-0.4, -0.2) is 20.5 Å². The Morgan fingerprint density at radius 1 is 1.10 bits per heavy atom. The molecular formula is C14H13ClN2O2S2. The van der Waals surface area contributed by atoms with Crippen LogP contribution in [0.1, 0.15) is 5.56 Å². The van der Waals surface area contributed by atoms with E-state index in [0.717, 1.165) is 0 Å². The Balaban J connectivity index is 2.35. The topological polar surface area (TPSA) is 63.4 Å². The van der Waals surface area contributed by atoms with Crippen LogP contribution in [-0.2, 0) is 10.0 Å². The van der Waals surface area contributed by atoms with Crippen LogP contribution in [0, 0.1) is 0 Å². The van der Waals surface area contributed by atoms with Gasteiger partial charge >= 0.3 is 0 Å². The van der Waals surface area contributed by atoms with Crippen molar-refractivity contribution < 1.29 is 8.42 Å². The zero-order valence-electron chi connectivity index (χ0n) is 11.2. The molecule has 2 N–H and O–H groups in total. The van der Waals surface area contributed by atoms with Crippen molar-refractivity contribution in [1.82, 2.24) is 0 Å². The average Bonchev–Trinajstić information content (AvgIpc) is 2.47. The van der Waals surface area contributed by atoms with Gasteiger partial charge in [0.2, 0.25) is 0 Å². The highest BCUT2D eigenvalue weighted by atomic mass is 35.5. The van der Waals surface area contributed by atoms with Crippen LogP contribution in [0.2, 0.25) is 5.02 Å². The van der Waals surface area contributed by atoms with E-state index in [1.165, 1.54) is 35.6 Å². The second kappa shape index (κ2) is 6.01. The fourth-order valence-electron chi connectivity index (χ4n) is 1.74. The highest BCUT2D eigenvalue weighted by molar-refractivity contribution is 7.92. The monoisotopic (exact) mass is 340 g/mol. The molecule has 0 amide bonds. The molecule has 2 aromatic rings. The zero-order chi connectivity index (χ0) is 15.6. The Kier molecular flexibility index (Phi) is 4.51. The first-order valence-corrected chi connectivity index (χ1v) is 8.19. The molecule has 4 nitrogen and oxygen atoms in total. The molecule has 0 aromatic heterocycles.